The summed E-state index contributed by atoms with van der Waals surface area (Å²) < 4.78 is 0. The Morgan fingerprint density at radius 2 is 1.72 bits per heavy atom. The van der Waals surface area contributed by atoms with Gasteiger partial charge >= 0.3 is 0 Å². The number of halogens is 2. The molecule has 104 valence electrons. The van der Waals surface area contributed by atoms with Crippen LogP contribution in [0.4, 0.5) is 0 Å². The predicted molar refractivity (Wildman–Crippen MR) is 83.3 cm³/mol. The maximum absolute atomic E-state index is 3.41. The lowest BCUT2D eigenvalue weighted by Gasteiger charge is -2.33. The molecule has 4 heteroatoms. The van der Waals surface area contributed by atoms with Crippen LogP contribution in [0.25, 0.3) is 0 Å². The normalized spacial score (nSPS) is 17.5. The van der Waals surface area contributed by atoms with Gasteiger partial charge in [-0.3, -0.25) is 4.90 Å². The Bertz CT molecular complexity index is 363. The van der Waals surface area contributed by atoms with Crippen LogP contribution in [-0.4, -0.2) is 31.1 Å². The number of rotatable bonds is 2. The van der Waals surface area contributed by atoms with Crippen molar-refractivity contribution in [1.82, 2.24) is 10.2 Å². The van der Waals surface area contributed by atoms with Crippen molar-refractivity contribution in [3.63, 3.8) is 0 Å². The molecule has 0 radical (unpaired) electrons. The zero-order valence-electron chi connectivity index (χ0n) is 11.4. The van der Waals surface area contributed by atoms with E-state index in [9.17, 15) is 0 Å². The van der Waals surface area contributed by atoms with Crippen molar-refractivity contribution in [3.8, 4) is 0 Å². The van der Waals surface area contributed by atoms with E-state index in [2.05, 4.69) is 49.2 Å². The molecule has 0 aliphatic carbocycles. The van der Waals surface area contributed by atoms with Crippen LogP contribution in [0.1, 0.15) is 29.7 Å². The summed E-state index contributed by atoms with van der Waals surface area (Å²) in [5, 5.41) is 3.41. The van der Waals surface area contributed by atoms with Crippen LogP contribution in [0, 0.1) is 13.8 Å². The number of aryl methyl sites for hydroxylation is 2. The molecule has 0 amide bonds. The van der Waals surface area contributed by atoms with Gasteiger partial charge < -0.3 is 5.32 Å². The van der Waals surface area contributed by atoms with E-state index in [4.69, 9.17) is 0 Å². The number of nitrogens with zero attached hydrogens (tertiary/aromatic N) is 1. The molecule has 1 N–H and O–H groups in total. The van der Waals surface area contributed by atoms with Crippen LogP contribution >= 0.6 is 24.8 Å². The molecule has 1 fully saturated rings. The van der Waals surface area contributed by atoms with Gasteiger partial charge in [-0.05, 0) is 31.9 Å². The highest BCUT2D eigenvalue weighted by Gasteiger charge is 2.18. The minimum absolute atomic E-state index is 0. The lowest BCUT2D eigenvalue weighted by Crippen LogP contribution is -2.44. The van der Waals surface area contributed by atoms with Crippen LogP contribution < -0.4 is 5.32 Å². The standard InChI is InChI=1S/C14H22N2.2ClH/c1-11-4-5-12(2)14(10-11)13(3)16-8-6-15-7-9-16;;/h4-5,10,13,15H,6-9H2,1-3H3;2*1H/t13-;;/m1../s1. The first-order valence-corrected chi connectivity index (χ1v) is 6.20. The lowest BCUT2D eigenvalue weighted by atomic mass is 9.98. The first-order valence-electron chi connectivity index (χ1n) is 6.20. The minimum atomic E-state index is 0. The summed E-state index contributed by atoms with van der Waals surface area (Å²) in [6, 6.07) is 7.32. The summed E-state index contributed by atoms with van der Waals surface area (Å²) in [4.78, 5) is 2.57. The van der Waals surface area contributed by atoms with E-state index in [0.29, 0.717) is 6.04 Å². The third kappa shape index (κ3) is 4.13. The zero-order valence-corrected chi connectivity index (χ0v) is 13.0. The Balaban J connectivity index is 0.00000144. The van der Waals surface area contributed by atoms with Gasteiger partial charge in [-0.1, -0.05) is 23.8 Å². The van der Waals surface area contributed by atoms with Crippen molar-refractivity contribution in [2.45, 2.75) is 26.8 Å². The number of hydrogen-bond donors (Lipinski definition) is 1. The smallest absolute Gasteiger partial charge is 0.0323 e. The summed E-state index contributed by atoms with van der Waals surface area (Å²) in [5.41, 5.74) is 4.26. The molecule has 0 unspecified atom stereocenters. The molecule has 1 aliphatic heterocycles. The number of piperazine rings is 1. The first-order chi connectivity index (χ1) is 7.68. The fourth-order valence-corrected chi connectivity index (χ4v) is 2.48. The highest BCUT2D eigenvalue weighted by atomic mass is 35.5. The van der Waals surface area contributed by atoms with Gasteiger partial charge in [-0.2, -0.15) is 0 Å². The quantitative estimate of drug-likeness (QED) is 0.900. The maximum Gasteiger partial charge on any atom is 0.0323 e. The van der Waals surface area contributed by atoms with Crippen LogP contribution in [0.2, 0.25) is 0 Å². The van der Waals surface area contributed by atoms with Crippen molar-refractivity contribution in [2.75, 3.05) is 26.2 Å². The topological polar surface area (TPSA) is 15.3 Å². The van der Waals surface area contributed by atoms with Gasteiger partial charge in [-0.25, -0.2) is 0 Å². The fourth-order valence-electron chi connectivity index (χ4n) is 2.48. The molecule has 2 nitrogen and oxygen atoms in total. The summed E-state index contributed by atoms with van der Waals surface area (Å²) >= 11 is 0. The van der Waals surface area contributed by atoms with Gasteiger partial charge in [0, 0.05) is 32.2 Å². The minimum Gasteiger partial charge on any atom is -0.314 e. The lowest BCUT2D eigenvalue weighted by molar-refractivity contribution is 0.185. The monoisotopic (exact) mass is 290 g/mol. The molecule has 0 bridgehead atoms. The second-order valence-electron chi connectivity index (χ2n) is 4.82. The fraction of sp³-hybridized carbons (Fsp3) is 0.571. The number of nitrogens with one attached hydrogen (secondary N) is 1. The molecule has 1 heterocycles. The SMILES string of the molecule is Cc1ccc(C)c([C@@H](C)N2CCNCC2)c1.Cl.Cl. The Morgan fingerprint density at radius 1 is 1.11 bits per heavy atom. The molecule has 1 saturated heterocycles. The predicted octanol–water partition coefficient (Wildman–Crippen LogP) is 3.11. The second kappa shape index (κ2) is 8.00. The van der Waals surface area contributed by atoms with Crippen LogP contribution in [0.3, 0.4) is 0 Å². The van der Waals surface area contributed by atoms with Crippen molar-refractivity contribution in [1.29, 1.82) is 0 Å². The third-order valence-corrected chi connectivity index (χ3v) is 3.58. The molecule has 2 rings (SSSR count). The molecule has 0 aromatic heterocycles. The van der Waals surface area contributed by atoms with Crippen LogP contribution in [-0.2, 0) is 0 Å². The summed E-state index contributed by atoms with van der Waals surface area (Å²) in [6.07, 6.45) is 0. The third-order valence-electron chi connectivity index (χ3n) is 3.58. The van der Waals surface area contributed by atoms with Gasteiger partial charge in [0.05, 0.1) is 0 Å². The highest BCUT2D eigenvalue weighted by molar-refractivity contribution is 5.85. The van der Waals surface area contributed by atoms with E-state index in [0.717, 1.165) is 26.2 Å². The molecular weight excluding hydrogens is 267 g/mol. The van der Waals surface area contributed by atoms with Gasteiger partial charge in [0.1, 0.15) is 0 Å². The maximum atomic E-state index is 3.41. The Morgan fingerprint density at radius 3 is 2.33 bits per heavy atom. The molecule has 1 aromatic carbocycles. The van der Waals surface area contributed by atoms with E-state index in [1.807, 2.05) is 0 Å². The molecule has 0 saturated carbocycles. The number of hydrogen-bond acceptors (Lipinski definition) is 2. The Hall–Kier alpha value is -0.280. The summed E-state index contributed by atoms with van der Waals surface area (Å²) in [7, 11) is 0. The summed E-state index contributed by atoms with van der Waals surface area (Å²) in [5.74, 6) is 0. The molecular formula is C14H24Cl2N2. The van der Waals surface area contributed by atoms with Gasteiger partial charge in [0.25, 0.3) is 0 Å². The van der Waals surface area contributed by atoms with Crippen LogP contribution in [0.15, 0.2) is 18.2 Å². The van der Waals surface area contributed by atoms with E-state index < -0.39 is 0 Å². The van der Waals surface area contributed by atoms with Crippen LogP contribution in [0.5, 0.6) is 0 Å². The first kappa shape index (κ1) is 17.7. The van der Waals surface area contributed by atoms with Crippen molar-refractivity contribution in [2.24, 2.45) is 0 Å². The molecule has 1 aromatic rings. The van der Waals surface area contributed by atoms with E-state index >= 15 is 0 Å². The zero-order chi connectivity index (χ0) is 11.5. The highest BCUT2D eigenvalue weighted by Crippen LogP contribution is 2.24. The average Bonchev–Trinajstić information content (AvgIpc) is 2.32. The molecule has 1 atom stereocenters. The Kier molecular flexibility index (Phi) is 7.88. The molecule has 1 aliphatic rings. The summed E-state index contributed by atoms with van der Waals surface area (Å²) in [6.45, 7) is 11.3. The number of benzene rings is 1. The van der Waals surface area contributed by atoms with E-state index in [1.54, 1.807) is 0 Å². The van der Waals surface area contributed by atoms with Crippen molar-refractivity contribution >= 4 is 24.8 Å². The molecule has 0 spiro atoms. The average molecular weight is 291 g/mol. The van der Waals surface area contributed by atoms with Gasteiger partial charge in [0.2, 0.25) is 0 Å². The second-order valence-corrected chi connectivity index (χ2v) is 4.82. The van der Waals surface area contributed by atoms with E-state index in [-0.39, 0.29) is 24.8 Å². The van der Waals surface area contributed by atoms with Crippen molar-refractivity contribution < 1.29 is 0 Å². The van der Waals surface area contributed by atoms with Gasteiger partial charge in [0.15, 0.2) is 0 Å². The Labute approximate surface area is 123 Å². The van der Waals surface area contributed by atoms with E-state index in [1.165, 1.54) is 16.7 Å². The van der Waals surface area contributed by atoms with Crippen molar-refractivity contribution in [3.05, 3.63) is 34.9 Å². The molecule has 18 heavy (non-hydrogen) atoms. The largest absolute Gasteiger partial charge is 0.314 e. The van der Waals surface area contributed by atoms with Gasteiger partial charge in [-0.15, -0.1) is 24.8 Å².